The first-order valence-electron chi connectivity index (χ1n) is 6.43. The second kappa shape index (κ2) is 5.28. The first-order chi connectivity index (χ1) is 10.2. The van der Waals surface area contributed by atoms with Gasteiger partial charge in [0.05, 0.1) is 35.9 Å². The summed E-state index contributed by atoms with van der Waals surface area (Å²) in [5.74, 6) is 0.0558. The van der Waals surface area contributed by atoms with Crippen molar-refractivity contribution < 1.29 is 9.13 Å². The summed E-state index contributed by atoms with van der Waals surface area (Å²) in [7, 11) is 1.49. The topological polar surface area (TPSA) is 60.2 Å². The van der Waals surface area contributed by atoms with Crippen LogP contribution in [0.5, 0.6) is 5.75 Å². The number of nitrogen functional groups attached to an aromatic ring is 1. The molecule has 0 radical (unpaired) electrons. The molecule has 4 nitrogen and oxygen atoms in total. The Morgan fingerprint density at radius 1 is 1.19 bits per heavy atom. The SMILES string of the molecule is COc1cc(F)ccc1Nc1c(N)cnc2ccccc12. The summed E-state index contributed by atoms with van der Waals surface area (Å²) in [4.78, 5) is 4.28. The van der Waals surface area contributed by atoms with Gasteiger partial charge in [0.2, 0.25) is 0 Å². The molecule has 0 saturated carbocycles. The van der Waals surface area contributed by atoms with Crippen molar-refractivity contribution in [2.45, 2.75) is 0 Å². The van der Waals surface area contributed by atoms with Crippen LogP contribution in [0.1, 0.15) is 0 Å². The van der Waals surface area contributed by atoms with Crippen molar-refractivity contribution in [1.82, 2.24) is 4.98 Å². The number of rotatable bonds is 3. The Bertz CT molecular complexity index is 805. The molecule has 1 heterocycles. The molecule has 0 spiro atoms. The number of hydrogen-bond donors (Lipinski definition) is 2. The maximum absolute atomic E-state index is 13.3. The van der Waals surface area contributed by atoms with Crippen LogP contribution in [0.4, 0.5) is 21.5 Å². The molecule has 3 aromatic rings. The summed E-state index contributed by atoms with van der Waals surface area (Å²) in [6, 6.07) is 12.0. The fourth-order valence-electron chi connectivity index (χ4n) is 2.20. The summed E-state index contributed by atoms with van der Waals surface area (Å²) in [6.45, 7) is 0. The van der Waals surface area contributed by atoms with Crippen molar-refractivity contribution in [2.75, 3.05) is 18.2 Å². The number of nitrogens with two attached hydrogens (primary N) is 1. The number of aromatic nitrogens is 1. The van der Waals surface area contributed by atoms with Crippen LogP contribution in [0, 0.1) is 5.82 Å². The minimum Gasteiger partial charge on any atom is -0.494 e. The number of nitrogens with one attached hydrogen (secondary N) is 1. The number of methoxy groups -OCH3 is 1. The van der Waals surface area contributed by atoms with E-state index < -0.39 is 0 Å². The molecule has 0 atom stereocenters. The van der Waals surface area contributed by atoms with Crippen LogP contribution in [0.3, 0.4) is 0 Å². The van der Waals surface area contributed by atoms with E-state index in [4.69, 9.17) is 10.5 Å². The Kier molecular flexibility index (Phi) is 3.31. The second-order valence-electron chi connectivity index (χ2n) is 4.58. The Balaban J connectivity index is 2.12. The standard InChI is InChI=1S/C16H14FN3O/c1-21-15-8-10(17)6-7-14(15)20-16-11-4-2-3-5-13(11)19-9-12(16)18/h2-9H,18H2,1H3,(H,19,20). The van der Waals surface area contributed by atoms with Gasteiger partial charge in [-0.15, -0.1) is 0 Å². The van der Waals surface area contributed by atoms with E-state index in [0.29, 0.717) is 17.1 Å². The molecule has 3 rings (SSSR count). The molecule has 0 aliphatic carbocycles. The third-order valence-electron chi connectivity index (χ3n) is 3.23. The lowest BCUT2D eigenvalue weighted by molar-refractivity contribution is 0.413. The highest BCUT2D eigenvalue weighted by atomic mass is 19.1. The molecule has 2 aromatic carbocycles. The number of benzene rings is 2. The van der Waals surface area contributed by atoms with E-state index in [1.807, 2.05) is 24.3 Å². The Labute approximate surface area is 121 Å². The summed E-state index contributed by atoms with van der Waals surface area (Å²) < 4.78 is 18.5. The number of ether oxygens (including phenoxy) is 1. The minimum absolute atomic E-state index is 0.357. The molecule has 0 fully saturated rings. The molecule has 0 amide bonds. The van der Waals surface area contributed by atoms with Gasteiger partial charge >= 0.3 is 0 Å². The number of anilines is 3. The molecular formula is C16H14FN3O. The maximum Gasteiger partial charge on any atom is 0.145 e. The number of para-hydroxylation sites is 1. The Morgan fingerprint density at radius 3 is 2.81 bits per heavy atom. The third-order valence-corrected chi connectivity index (χ3v) is 3.23. The third kappa shape index (κ3) is 2.45. The molecule has 3 N–H and O–H groups in total. The Morgan fingerprint density at radius 2 is 2.00 bits per heavy atom. The largest absolute Gasteiger partial charge is 0.494 e. The van der Waals surface area contributed by atoms with Gasteiger partial charge in [-0.25, -0.2) is 4.39 Å². The zero-order valence-corrected chi connectivity index (χ0v) is 11.4. The van der Waals surface area contributed by atoms with E-state index in [-0.39, 0.29) is 5.82 Å². The fraction of sp³-hybridized carbons (Fsp3) is 0.0625. The fourth-order valence-corrected chi connectivity index (χ4v) is 2.20. The van der Waals surface area contributed by atoms with Gasteiger partial charge in [0.25, 0.3) is 0 Å². The molecule has 0 saturated heterocycles. The normalized spacial score (nSPS) is 10.6. The average Bonchev–Trinajstić information content (AvgIpc) is 2.51. The van der Waals surface area contributed by atoms with Crippen LogP contribution in [-0.4, -0.2) is 12.1 Å². The van der Waals surface area contributed by atoms with E-state index in [0.717, 1.165) is 16.6 Å². The lowest BCUT2D eigenvalue weighted by atomic mass is 10.1. The van der Waals surface area contributed by atoms with Gasteiger partial charge in [0, 0.05) is 11.5 Å². The zero-order chi connectivity index (χ0) is 14.8. The molecule has 0 bridgehead atoms. The van der Waals surface area contributed by atoms with Crippen LogP contribution in [0.2, 0.25) is 0 Å². The monoisotopic (exact) mass is 283 g/mol. The first-order valence-corrected chi connectivity index (χ1v) is 6.43. The van der Waals surface area contributed by atoms with E-state index in [1.54, 1.807) is 12.3 Å². The molecule has 0 aliphatic rings. The summed E-state index contributed by atoms with van der Waals surface area (Å²) in [6.07, 6.45) is 1.60. The second-order valence-corrected chi connectivity index (χ2v) is 4.58. The highest BCUT2D eigenvalue weighted by Gasteiger charge is 2.10. The maximum atomic E-state index is 13.3. The van der Waals surface area contributed by atoms with Gasteiger partial charge in [-0.3, -0.25) is 4.98 Å². The van der Waals surface area contributed by atoms with Crippen molar-refractivity contribution in [1.29, 1.82) is 0 Å². The van der Waals surface area contributed by atoms with Gasteiger partial charge < -0.3 is 15.8 Å². The van der Waals surface area contributed by atoms with Gasteiger partial charge in [-0.1, -0.05) is 18.2 Å². The predicted octanol–water partition coefficient (Wildman–Crippen LogP) is 3.71. The van der Waals surface area contributed by atoms with Crippen LogP contribution >= 0.6 is 0 Å². The van der Waals surface area contributed by atoms with Gasteiger partial charge in [0.15, 0.2) is 0 Å². The van der Waals surface area contributed by atoms with Crippen LogP contribution < -0.4 is 15.8 Å². The van der Waals surface area contributed by atoms with Crippen molar-refractivity contribution in [2.24, 2.45) is 0 Å². The van der Waals surface area contributed by atoms with Gasteiger partial charge in [-0.2, -0.15) is 0 Å². The predicted molar refractivity (Wildman–Crippen MR) is 82.4 cm³/mol. The van der Waals surface area contributed by atoms with E-state index in [1.165, 1.54) is 19.2 Å². The molecule has 106 valence electrons. The zero-order valence-electron chi connectivity index (χ0n) is 11.4. The number of halogens is 1. The van der Waals surface area contributed by atoms with Crippen molar-refractivity contribution in [3.63, 3.8) is 0 Å². The molecule has 21 heavy (non-hydrogen) atoms. The highest BCUT2D eigenvalue weighted by molar-refractivity contribution is 5.99. The summed E-state index contributed by atoms with van der Waals surface area (Å²) in [5, 5.41) is 4.10. The van der Waals surface area contributed by atoms with Crippen LogP contribution in [0.15, 0.2) is 48.7 Å². The minimum atomic E-state index is -0.357. The smallest absolute Gasteiger partial charge is 0.145 e. The summed E-state index contributed by atoms with van der Waals surface area (Å²) >= 11 is 0. The molecule has 1 aromatic heterocycles. The van der Waals surface area contributed by atoms with Crippen LogP contribution in [-0.2, 0) is 0 Å². The quantitative estimate of drug-likeness (QED) is 0.769. The lowest BCUT2D eigenvalue weighted by Gasteiger charge is -2.14. The van der Waals surface area contributed by atoms with Crippen molar-refractivity contribution >= 4 is 28.0 Å². The number of hydrogen-bond acceptors (Lipinski definition) is 4. The van der Waals surface area contributed by atoms with Crippen molar-refractivity contribution in [3.05, 3.63) is 54.5 Å². The van der Waals surface area contributed by atoms with Crippen molar-refractivity contribution in [3.8, 4) is 5.75 Å². The van der Waals surface area contributed by atoms with E-state index in [2.05, 4.69) is 10.3 Å². The number of fused-ring (bicyclic) bond motifs is 1. The molecule has 0 unspecified atom stereocenters. The molecule has 5 heteroatoms. The number of pyridine rings is 1. The summed E-state index contributed by atoms with van der Waals surface area (Å²) in [5.41, 5.74) is 8.73. The molecule has 0 aliphatic heterocycles. The van der Waals surface area contributed by atoms with Gasteiger partial charge in [0.1, 0.15) is 11.6 Å². The van der Waals surface area contributed by atoms with E-state index in [9.17, 15) is 4.39 Å². The Hall–Kier alpha value is -2.82. The number of nitrogens with zero attached hydrogens (tertiary/aromatic N) is 1. The molecular weight excluding hydrogens is 269 g/mol. The highest BCUT2D eigenvalue weighted by Crippen LogP contribution is 2.34. The first kappa shape index (κ1) is 13.2. The van der Waals surface area contributed by atoms with E-state index >= 15 is 0 Å². The van der Waals surface area contributed by atoms with Gasteiger partial charge in [-0.05, 0) is 18.2 Å². The average molecular weight is 283 g/mol. The van der Waals surface area contributed by atoms with Crippen LogP contribution in [0.25, 0.3) is 10.9 Å². The lowest BCUT2D eigenvalue weighted by Crippen LogP contribution is -2.00.